The van der Waals surface area contributed by atoms with Crippen LogP contribution in [0, 0.1) is 6.92 Å². The van der Waals surface area contributed by atoms with E-state index in [0.717, 1.165) is 5.56 Å². The zero-order valence-corrected chi connectivity index (χ0v) is 6.39. The van der Waals surface area contributed by atoms with E-state index >= 15 is 0 Å². The van der Waals surface area contributed by atoms with Crippen LogP contribution in [-0.4, -0.2) is 0 Å². The number of hydrogen-bond acceptors (Lipinski definition) is 4. The largest absolute Gasteiger partial charge is 0.397 e. The molecule has 0 bridgehead atoms. The fourth-order valence-corrected chi connectivity index (χ4v) is 0.871. The fourth-order valence-electron chi connectivity index (χ4n) is 0.871. The van der Waals surface area contributed by atoms with Gasteiger partial charge in [-0.3, -0.25) is 5.84 Å². The molecule has 4 nitrogen and oxygen atoms in total. The van der Waals surface area contributed by atoms with E-state index in [1.807, 2.05) is 13.0 Å². The summed E-state index contributed by atoms with van der Waals surface area (Å²) in [7, 11) is 0. The smallest absolute Gasteiger partial charge is 0.0799 e. The van der Waals surface area contributed by atoms with Gasteiger partial charge in [-0.25, -0.2) is 0 Å². The summed E-state index contributed by atoms with van der Waals surface area (Å²) < 4.78 is 0. The number of benzene rings is 1. The van der Waals surface area contributed by atoms with E-state index in [0.29, 0.717) is 17.1 Å². The van der Waals surface area contributed by atoms with Crippen LogP contribution in [0.25, 0.3) is 0 Å². The predicted octanol–water partition coefficient (Wildman–Crippen LogP) is 0.445. The third kappa shape index (κ3) is 1.20. The minimum absolute atomic E-state index is 0.507. The lowest BCUT2D eigenvalue weighted by Gasteiger charge is -2.08. The van der Waals surface area contributed by atoms with E-state index in [2.05, 4.69) is 5.43 Å². The Morgan fingerprint density at radius 2 is 1.82 bits per heavy atom. The lowest BCUT2D eigenvalue weighted by atomic mass is 10.1. The maximum atomic E-state index is 5.64. The highest BCUT2D eigenvalue weighted by Gasteiger charge is 2.02. The number of hydrogen-bond donors (Lipinski definition) is 4. The van der Waals surface area contributed by atoms with Gasteiger partial charge in [-0.1, -0.05) is 6.07 Å². The Bertz CT molecular complexity index is 269. The molecule has 7 N–H and O–H groups in total. The van der Waals surface area contributed by atoms with Gasteiger partial charge in [0, 0.05) is 0 Å². The quantitative estimate of drug-likeness (QED) is 0.267. The van der Waals surface area contributed by atoms with Gasteiger partial charge in [0.2, 0.25) is 0 Å². The first kappa shape index (κ1) is 7.68. The third-order valence-corrected chi connectivity index (χ3v) is 1.66. The number of hydrazine groups is 1. The van der Waals surface area contributed by atoms with E-state index in [1.54, 1.807) is 6.07 Å². The van der Waals surface area contributed by atoms with Crippen LogP contribution in [0.5, 0.6) is 0 Å². The van der Waals surface area contributed by atoms with Gasteiger partial charge in [-0.2, -0.15) is 0 Å². The Balaban J connectivity index is 3.25. The summed E-state index contributed by atoms with van der Waals surface area (Å²) in [6.45, 7) is 1.89. The van der Waals surface area contributed by atoms with Crippen molar-refractivity contribution in [2.75, 3.05) is 16.9 Å². The molecule has 0 saturated carbocycles. The SMILES string of the molecule is Cc1ccc(NN)c(N)c1N. The van der Waals surface area contributed by atoms with Crippen LogP contribution in [0.1, 0.15) is 5.56 Å². The summed E-state index contributed by atoms with van der Waals surface area (Å²) in [5.74, 6) is 5.18. The highest BCUT2D eigenvalue weighted by molar-refractivity contribution is 5.80. The van der Waals surface area contributed by atoms with Crippen molar-refractivity contribution in [3.8, 4) is 0 Å². The van der Waals surface area contributed by atoms with Gasteiger partial charge in [0.05, 0.1) is 17.1 Å². The van der Waals surface area contributed by atoms with Crippen LogP contribution in [0.15, 0.2) is 12.1 Å². The Morgan fingerprint density at radius 3 is 2.36 bits per heavy atom. The highest BCUT2D eigenvalue weighted by atomic mass is 15.2. The third-order valence-electron chi connectivity index (χ3n) is 1.66. The fraction of sp³-hybridized carbons (Fsp3) is 0.143. The molecule has 11 heavy (non-hydrogen) atoms. The Morgan fingerprint density at radius 1 is 1.18 bits per heavy atom. The number of nitrogen functional groups attached to an aromatic ring is 3. The molecule has 1 aromatic rings. The van der Waals surface area contributed by atoms with Crippen LogP contribution in [0.3, 0.4) is 0 Å². The average Bonchev–Trinajstić information content (AvgIpc) is 2.01. The molecule has 1 rings (SSSR count). The molecule has 60 valence electrons. The van der Waals surface area contributed by atoms with E-state index < -0.39 is 0 Å². The molecule has 0 heterocycles. The van der Waals surface area contributed by atoms with Gasteiger partial charge in [-0.05, 0) is 18.6 Å². The molecule has 4 heteroatoms. The van der Waals surface area contributed by atoms with Crippen molar-refractivity contribution in [2.45, 2.75) is 6.92 Å². The number of rotatable bonds is 1. The molecule has 0 aliphatic carbocycles. The van der Waals surface area contributed by atoms with Crippen LogP contribution < -0.4 is 22.7 Å². The van der Waals surface area contributed by atoms with E-state index in [1.165, 1.54) is 0 Å². The zero-order chi connectivity index (χ0) is 8.43. The van der Waals surface area contributed by atoms with Crippen molar-refractivity contribution >= 4 is 17.1 Å². The zero-order valence-electron chi connectivity index (χ0n) is 6.39. The van der Waals surface area contributed by atoms with E-state index in [4.69, 9.17) is 17.3 Å². The predicted molar refractivity (Wildman–Crippen MR) is 47.8 cm³/mol. The number of nitrogens with two attached hydrogens (primary N) is 3. The monoisotopic (exact) mass is 152 g/mol. The summed E-state index contributed by atoms with van der Waals surface area (Å²) in [4.78, 5) is 0. The van der Waals surface area contributed by atoms with Gasteiger partial charge in [0.15, 0.2) is 0 Å². The summed E-state index contributed by atoms with van der Waals surface area (Å²) in [6, 6.07) is 3.65. The van der Waals surface area contributed by atoms with Crippen molar-refractivity contribution in [3.63, 3.8) is 0 Å². The molecule has 0 saturated heterocycles. The second-order valence-corrected chi connectivity index (χ2v) is 2.40. The van der Waals surface area contributed by atoms with Crippen molar-refractivity contribution in [1.29, 1.82) is 0 Å². The lowest BCUT2D eigenvalue weighted by Crippen LogP contribution is -2.10. The van der Waals surface area contributed by atoms with Crippen LogP contribution in [0.2, 0.25) is 0 Å². The summed E-state index contributed by atoms with van der Waals surface area (Å²) in [5, 5.41) is 0. The second kappa shape index (κ2) is 2.67. The molecule has 1 aromatic carbocycles. The van der Waals surface area contributed by atoms with Crippen LogP contribution in [0.4, 0.5) is 17.1 Å². The molecular formula is C7H12N4. The van der Waals surface area contributed by atoms with Gasteiger partial charge < -0.3 is 16.9 Å². The number of nitrogens with one attached hydrogen (secondary N) is 1. The van der Waals surface area contributed by atoms with Crippen LogP contribution >= 0.6 is 0 Å². The van der Waals surface area contributed by atoms with Crippen LogP contribution in [-0.2, 0) is 0 Å². The first-order valence-corrected chi connectivity index (χ1v) is 3.28. The Labute approximate surface area is 65.3 Å². The first-order valence-electron chi connectivity index (χ1n) is 3.28. The van der Waals surface area contributed by atoms with Crippen molar-refractivity contribution in [3.05, 3.63) is 17.7 Å². The molecule has 0 aliphatic rings. The highest BCUT2D eigenvalue weighted by Crippen LogP contribution is 2.26. The van der Waals surface area contributed by atoms with Crippen molar-refractivity contribution < 1.29 is 0 Å². The number of anilines is 3. The summed E-state index contributed by atoms with van der Waals surface area (Å²) in [6.07, 6.45) is 0. The molecule has 0 aromatic heterocycles. The Hall–Kier alpha value is -1.42. The number of aryl methyl sites for hydroxylation is 1. The maximum Gasteiger partial charge on any atom is 0.0799 e. The van der Waals surface area contributed by atoms with Crippen molar-refractivity contribution in [1.82, 2.24) is 0 Å². The molecule has 0 spiro atoms. The standard InChI is InChI=1S/C7H12N4/c1-4-2-3-5(11-10)7(9)6(4)8/h2-3,11H,8-10H2,1H3. The lowest BCUT2D eigenvalue weighted by molar-refractivity contribution is 1.34. The molecule has 0 radical (unpaired) electrons. The molecular weight excluding hydrogens is 140 g/mol. The summed E-state index contributed by atoms with van der Waals surface area (Å²) >= 11 is 0. The summed E-state index contributed by atoms with van der Waals surface area (Å²) in [5.41, 5.74) is 16.4. The Kier molecular flexibility index (Phi) is 1.87. The maximum absolute atomic E-state index is 5.64. The van der Waals surface area contributed by atoms with Gasteiger partial charge in [0.25, 0.3) is 0 Å². The van der Waals surface area contributed by atoms with Gasteiger partial charge in [-0.15, -0.1) is 0 Å². The van der Waals surface area contributed by atoms with E-state index in [-0.39, 0.29) is 0 Å². The second-order valence-electron chi connectivity index (χ2n) is 2.40. The molecule has 0 atom stereocenters. The van der Waals surface area contributed by atoms with Gasteiger partial charge >= 0.3 is 0 Å². The molecule has 0 aliphatic heterocycles. The minimum Gasteiger partial charge on any atom is -0.397 e. The van der Waals surface area contributed by atoms with E-state index in [9.17, 15) is 0 Å². The van der Waals surface area contributed by atoms with Gasteiger partial charge in [0.1, 0.15) is 0 Å². The average molecular weight is 152 g/mol. The normalized spacial score (nSPS) is 9.64. The first-order chi connectivity index (χ1) is 5.16. The molecule has 0 amide bonds. The molecule has 0 unspecified atom stereocenters. The molecule has 0 fully saturated rings. The van der Waals surface area contributed by atoms with Crippen molar-refractivity contribution in [2.24, 2.45) is 5.84 Å². The topological polar surface area (TPSA) is 90.1 Å². The minimum atomic E-state index is 0.507.